The van der Waals surface area contributed by atoms with Gasteiger partial charge in [0.2, 0.25) is 5.88 Å². The van der Waals surface area contributed by atoms with Gasteiger partial charge < -0.3 is 4.74 Å². The highest BCUT2D eigenvalue weighted by atomic mass is 16.5. The monoisotopic (exact) mass is 277 g/mol. The van der Waals surface area contributed by atoms with Crippen LogP contribution in [-0.4, -0.2) is 10.8 Å². The first-order valence-electron chi connectivity index (χ1n) is 7.08. The van der Waals surface area contributed by atoms with Gasteiger partial charge in [-0.25, -0.2) is 4.98 Å². The zero-order chi connectivity index (χ0) is 14.6. The number of nitrogens with zero attached hydrogens (tertiary/aromatic N) is 1. The van der Waals surface area contributed by atoms with Crippen LogP contribution in [-0.2, 0) is 4.79 Å². The molecule has 21 heavy (non-hydrogen) atoms. The Bertz CT molecular complexity index is 843. The first-order chi connectivity index (χ1) is 10.0. The van der Waals surface area contributed by atoms with Gasteiger partial charge in [-0.2, -0.15) is 0 Å². The highest BCUT2D eigenvalue weighted by Crippen LogP contribution is 2.40. The zero-order valence-electron chi connectivity index (χ0n) is 12.0. The van der Waals surface area contributed by atoms with Crippen molar-refractivity contribution >= 4 is 22.8 Å². The van der Waals surface area contributed by atoms with Gasteiger partial charge in [0.1, 0.15) is 5.76 Å². The third-order valence-electron chi connectivity index (χ3n) is 3.93. The number of hydrogen-bond donors (Lipinski definition) is 0. The molecule has 0 fully saturated rings. The molecule has 0 bridgehead atoms. The molecule has 0 radical (unpaired) electrons. The van der Waals surface area contributed by atoms with Crippen molar-refractivity contribution in [3.05, 3.63) is 53.3 Å². The van der Waals surface area contributed by atoms with Crippen LogP contribution in [0.5, 0.6) is 5.88 Å². The minimum Gasteiger partial charge on any atom is -0.438 e. The number of fused-ring (bicyclic) bond motifs is 3. The molecule has 1 aliphatic carbocycles. The summed E-state index contributed by atoms with van der Waals surface area (Å²) >= 11 is 0. The summed E-state index contributed by atoms with van der Waals surface area (Å²) in [6.45, 7) is 4.09. The summed E-state index contributed by atoms with van der Waals surface area (Å²) in [7, 11) is 0. The number of benzene rings is 1. The van der Waals surface area contributed by atoms with Crippen molar-refractivity contribution in [3.8, 4) is 5.88 Å². The Morgan fingerprint density at radius 3 is 2.90 bits per heavy atom. The third kappa shape index (κ3) is 1.97. The largest absolute Gasteiger partial charge is 0.438 e. The van der Waals surface area contributed by atoms with Crippen molar-refractivity contribution in [2.24, 2.45) is 5.41 Å². The van der Waals surface area contributed by atoms with Crippen molar-refractivity contribution in [2.75, 3.05) is 0 Å². The summed E-state index contributed by atoms with van der Waals surface area (Å²) < 4.78 is 5.91. The molecular weight excluding hydrogens is 262 g/mol. The van der Waals surface area contributed by atoms with E-state index >= 15 is 0 Å². The van der Waals surface area contributed by atoms with E-state index in [2.05, 4.69) is 4.98 Å². The van der Waals surface area contributed by atoms with Gasteiger partial charge in [-0.15, -0.1) is 0 Å². The van der Waals surface area contributed by atoms with Gasteiger partial charge in [0, 0.05) is 17.4 Å². The molecule has 0 atom stereocenters. The van der Waals surface area contributed by atoms with Gasteiger partial charge >= 0.3 is 0 Å². The molecule has 2 aliphatic rings. The summed E-state index contributed by atoms with van der Waals surface area (Å²) in [5, 5.41) is 1.05. The van der Waals surface area contributed by atoms with E-state index < -0.39 is 0 Å². The topological polar surface area (TPSA) is 39.2 Å². The SMILES string of the molecule is CC1(C)C=C2Oc3nc4ccccc4cc3C=C2C(=O)C1. The van der Waals surface area contributed by atoms with Crippen LogP contribution in [0.4, 0.5) is 0 Å². The van der Waals surface area contributed by atoms with Crippen LogP contribution in [0.15, 0.2) is 47.7 Å². The number of carbonyl (C=O) groups excluding carboxylic acids is 1. The Labute approximate surface area is 123 Å². The van der Waals surface area contributed by atoms with Crippen LogP contribution in [0.1, 0.15) is 25.8 Å². The van der Waals surface area contributed by atoms with E-state index in [4.69, 9.17) is 4.74 Å². The molecule has 0 spiro atoms. The molecule has 2 aromatic rings. The highest BCUT2D eigenvalue weighted by molar-refractivity contribution is 6.06. The van der Waals surface area contributed by atoms with Crippen LogP contribution in [0, 0.1) is 5.41 Å². The van der Waals surface area contributed by atoms with Crippen LogP contribution >= 0.6 is 0 Å². The number of para-hydroxylation sites is 1. The van der Waals surface area contributed by atoms with Gasteiger partial charge in [0.25, 0.3) is 0 Å². The average molecular weight is 277 g/mol. The number of aromatic nitrogens is 1. The molecule has 3 nitrogen and oxygen atoms in total. The standard InChI is InChI=1S/C18H15NO2/c1-18(2)9-15(20)13-8-12-7-11-5-3-4-6-14(11)19-17(12)21-16(13)10-18/h3-8,10H,9H2,1-2H3. The van der Waals surface area contributed by atoms with Crippen molar-refractivity contribution < 1.29 is 9.53 Å². The molecule has 1 aliphatic heterocycles. The molecule has 1 aromatic heterocycles. The zero-order valence-corrected chi connectivity index (χ0v) is 12.0. The second kappa shape index (κ2) is 4.04. The lowest BCUT2D eigenvalue weighted by Gasteiger charge is -2.30. The van der Waals surface area contributed by atoms with Crippen molar-refractivity contribution in [2.45, 2.75) is 20.3 Å². The normalized spacial score (nSPS) is 19.2. The number of carbonyl (C=O) groups is 1. The minimum atomic E-state index is -0.169. The molecule has 4 rings (SSSR count). The fourth-order valence-electron chi connectivity index (χ4n) is 2.93. The lowest BCUT2D eigenvalue weighted by Crippen LogP contribution is -2.26. The number of Topliss-reactive ketones (excluding diaryl/α,β-unsaturated/α-hetero) is 1. The predicted molar refractivity (Wildman–Crippen MR) is 81.8 cm³/mol. The van der Waals surface area contributed by atoms with Gasteiger partial charge in [-0.05, 0) is 29.7 Å². The number of pyridine rings is 1. The third-order valence-corrected chi connectivity index (χ3v) is 3.93. The summed E-state index contributed by atoms with van der Waals surface area (Å²) in [5.74, 6) is 1.36. The molecule has 104 valence electrons. The van der Waals surface area contributed by atoms with Crippen LogP contribution in [0.2, 0.25) is 0 Å². The van der Waals surface area contributed by atoms with Crippen LogP contribution in [0.3, 0.4) is 0 Å². The maximum absolute atomic E-state index is 12.3. The van der Waals surface area contributed by atoms with E-state index in [1.165, 1.54) is 0 Å². The van der Waals surface area contributed by atoms with E-state index in [9.17, 15) is 4.79 Å². The summed E-state index contributed by atoms with van der Waals surface area (Å²) in [5.41, 5.74) is 2.26. The summed E-state index contributed by atoms with van der Waals surface area (Å²) in [4.78, 5) is 16.9. The molecule has 0 saturated heterocycles. The lowest BCUT2D eigenvalue weighted by molar-refractivity contribution is -0.117. The Morgan fingerprint density at radius 2 is 2.05 bits per heavy atom. The highest BCUT2D eigenvalue weighted by Gasteiger charge is 2.34. The maximum atomic E-state index is 12.3. The Morgan fingerprint density at radius 1 is 1.24 bits per heavy atom. The fourth-order valence-corrected chi connectivity index (χ4v) is 2.93. The lowest BCUT2D eigenvalue weighted by atomic mass is 9.78. The van der Waals surface area contributed by atoms with Crippen molar-refractivity contribution in [3.63, 3.8) is 0 Å². The summed E-state index contributed by atoms with van der Waals surface area (Å²) in [6, 6.07) is 9.93. The van der Waals surface area contributed by atoms with Gasteiger partial charge in [0.15, 0.2) is 5.78 Å². The quantitative estimate of drug-likeness (QED) is 0.733. The molecular formula is C18H15NO2. The molecule has 0 N–H and O–H groups in total. The minimum absolute atomic E-state index is 0.135. The Hall–Kier alpha value is -2.42. The Kier molecular flexibility index (Phi) is 2.37. The van der Waals surface area contributed by atoms with Gasteiger partial charge in [0.05, 0.1) is 11.1 Å². The number of allylic oxidation sites excluding steroid dienone is 2. The second-order valence-electron chi connectivity index (χ2n) is 6.33. The van der Waals surface area contributed by atoms with Crippen molar-refractivity contribution in [1.82, 2.24) is 4.98 Å². The molecule has 1 aromatic carbocycles. The van der Waals surface area contributed by atoms with Crippen LogP contribution < -0.4 is 4.74 Å². The van der Waals surface area contributed by atoms with E-state index in [-0.39, 0.29) is 11.2 Å². The van der Waals surface area contributed by atoms with Crippen LogP contribution in [0.25, 0.3) is 17.0 Å². The smallest absolute Gasteiger partial charge is 0.227 e. The maximum Gasteiger partial charge on any atom is 0.227 e. The van der Waals surface area contributed by atoms with E-state index in [0.29, 0.717) is 23.6 Å². The van der Waals surface area contributed by atoms with Crippen molar-refractivity contribution in [1.29, 1.82) is 0 Å². The second-order valence-corrected chi connectivity index (χ2v) is 6.33. The predicted octanol–water partition coefficient (Wildman–Crippen LogP) is 3.89. The fraction of sp³-hybridized carbons (Fsp3) is 0.222. The Balaban J connectivity index is 1.93. The van der Waals surface area contributed by atoms with E-state index in [0.717, 1.165) is 16.5 Å². The number of rotatable bonds is 0. The first-order valence-corrected chi connectivity index (χ1v) is 7.08. The van der Waals surface area contributed by atoms with Gasteiger partial charge in [-0.3, -0.25) is 4.79 Å². The molecule has 0 saturated carbocycles. The molecule has 0 amide bonds. The average Bonchev–Trinajstić information content (AvgIpc) is 2.42. The molecule has 2 heterocycles. The van der Waals surface area contributed by atoms with E-state index in [1.54, 1.807) is 0 Å². The number of ether oxygens (including phenoxy) is 1. The summed E-state index contributed by atoms with van der Waals surface area (Å²) in [6.07, 6.45) is 4.45. The van der Waals surface area contributed by atoms with E-state index in [1.807, 2.05) is 56.3 Å². The first kappa shape index (κ1) is 12.3. The molecule has 0 unspecified atom stereocenters. The molecule has 3 heteroatoms. The number of hydrogen-bond acceptors (Lipinski definition) is 3. The van der Waals surface area contributed by atoms with Gasteiger partial charge in [-0.1, -0.05) is 32.0 Å². The number of ketones is 1.